The molecule has 0 unspecified atom stereocenters. The Balaban J connectivity index is 1.52. The third-order valence-electron chi connectivity index (χ3n) is 5.11. The van der Waals surface area contributed by atoms with Crippen LogP contribution in [0.15, 0.2) is 30.6 Å². The molecule has 160 valence electrons. The molecule has 7 nitrogen and oxygen atoms in total. The Bertz CT molecular complexity index is 1040. The van der Waals surface area contributed by atoms with Gasteiger partial charge in [-0.1, -0.05) is 20.8 Å². The second-order valence-electron chi connectivity index (χ2n) is 8.44. The molecule has 10 heteroatoms. The van der Waals surface area contributed by atoms with Gasteiger partial charge in [-0.3, -0.25) is 0 Å². The number of nitrogens with zero attached hydrogens (tertiary/aromatic N) is 7. The van der Waals surface area contributed by atoms with Crippen molar-refractivity contribution >= 4 is 17.4 Å². The van der Waals surface area contributed by atoms with Crippen LogP contribution < -0.4 is 9.80 Å². The lowest BCUT2D eigenvalue weighted by molar-refractivity contribution is -0.141. The highest BCUT2D eigenvalue weighted by molar-refractivity contribution is 5.48. The summed E-state index contributed by atoms with van der Waals surface area (Å²) < 4.78 is 40.7. The van der Waals surface area contributed by atoms with Crippen molar-refractivity contribution in [1.82, 2.24) is 24.6 Å². The summed E-state index contributed by atoms with van der Waals surface area (Å²) in [6.45, 7) is 8.77. The zero-order valence-electron chi connectivity index (χ0n) is 17.2. The molecule has 3 aromatic rings. The number of rotatable bonds is 2. The number of aromatic nitrogens is 5. The third-order valence-corrected chi connectivity index (χ3v) is 5.11. The quantitative estimate of drug-likeness (QED) is 0.633. The Hall–Kier alpha value is -2.91. The first-order valence-electron chi connectivity index (χ1n) is 9.88. The number of alkyl halides is 3. The SMILES string of the molecule is CC(C)(C)c1cn2nc(N3CCCN(c4nccc(C(F)(F)F)n4)CC3)ccc2n1. The van der Waals surface area contributed by atoms with Gasteiger partial charge in [0.2, 0.25) is 5.95 Å². The fraction of sp³-hybridized carbons (Fsp3) is 0.500. The van der Waals surface area contributed by atoms with E-state index in [9.17, 15) is 13.2 Å². The molecule has 1 aliphatic rings. The first-order chi connectivity index (χ1) is 14.1. The minimum absolute atomic E-state index is 0.0675. The largest absolute Gasteiger partial charge is 0.433 e. The fourth-order valence-corrected chi connectivity index (χ4v) is 3.41. The zero-order chi connectivity index (χ0) is 21.5. The molecule has 1 saturated heterocycles. The first kappa shape index (κ1) is 20.4. The maximum Gasteiger partial charge on any atom is 0.433 e. The standard InChI is InChI=1S/C20H24F3N7/c1-19(2,3)15-13-30-16(25-15)5-6-17(27-30)28-9-4-10-29(12-11-28)18-24-8-7-14(26-18)20(21,22)23/h5-8,13H,4,9-12H2,1-3H3. The average Bonchev–Trinajstić information content (AvgIpc) is 2.97. The third kappa shape index (κ3) is 4.17. The van der Waals surface area contributed by atoms with Crippen molar-refractivity contribution in [1.29, 1.82) is 0 Å². The maximum atomic E-state index is 13.0. The number of fused-ring (bicyclic) bond motifs is 1. The van der Waals surface area contributed by atoms with Gasteiger partial charge in [0.1, 0.15) is 11.5 Å². The Morgan fingerprint density at radius 2 is 1.60 bits per heavy atom. The Morgan fingerprint density at radius 1 is 0.867 bits per heavy atom. The van der Waals surface area contributed by atoms with Gasteiger partial charge in [0.25, 0.3) is 0 Å². The van der Waals surface area contributed by atoms with Crippen LogP contribution in [0.5, 0.6) is 0 Å². The topological polar surface area (TPSA) is 62.5 Å². The van der Waals surface area contributed by atoms with E-state index in [0.29, 0.717) is 19.6 Å². The van der Waals surface area contributed by atoms with Gasteiger partial charge in [-0.15, -0.1) is 5.10 Å². The summed E-state index contributed by atoms with van der Waals surface area (Å²) >= 11 is 0. The van der Waals surface area contributed by atoms with E-state index in [1.807, 2.05) is 18.3 Å². The molecule has 0 aromatic carbocycles. The van der Waals surface area contributed by atoms with Gasteiger partial charge in [-0.2, -0.15) is 13.2 Å². The summed E-state index contributed by atoms with van der Waals surface area (Å²) in [6.07, 6.45) is -0.614. The second kappa shape index (κ2) is 7.41. The van der Waals surface area contributed by atoms with Crippen LogP contribution in [0.1, 0.15) is 38.6 Å². The molecule has 1 fully saturated rings. The molecule has 0 saturated carbocycles. The van der Waals surface area contributed by atoms with Crippen LogP contribution in [0.2, 0.25) is 0 Å². The van der Waals surface area contributed by atoms with Gasteiger partial charge in [0.05, 0.1) is 11.9 Å². The highest BCUT2D eigenvalue weighted by atomic mass is 19.4. The lowest BCUT2D eigenvalue weighted by Gasteiger charge is -2.23. The summed E-state index contributed by atoms with van der Waals surface area (Å²) in [5.74, 6) is 0.923. The smallest absolute Gasteiger partial charge is 0.353 e. The monoisotopic (exact) mass is 419 g/mol. The van der Waals surface area contributed by atoms with Crippen molar-refractivity contribution in [3.63, 3.8) is 0 Å². The Morgan fingerprint density at radius 3 is 2.33 bits per heavy atom. The number of halogens is 3. The molecule has 0 radical (unpaired) electrons. The van der Waals surface area contributed by atoms with Gasteiger partial charge >= 0.3 is 6.18 Å². The average molecular weight is 419 g/mol. The molecule has 4 heterocycles. The van der Waals surface area contributed by atoms with Crippen LogP contribution in [0.25, 0.3) is 5.65 Å². The van der Waals surface area contributed by atoms with E-state index in [1.54, 1.807) is 9.42 Å². The van der Waals surface area contributed by atoms with E-state index in [4.69, 9.17) is 5.10 Å². The minimum Gasteiger partial charge on any atom is -0.353 e. The van der Waals surface area contributed by atoms with Gasteiger partial charge in [-0.25, -0.2) is 19.5 Å². The predicted molar refractivity (Wildman–Crippen MR) is 108 cm³/mol. The van der Waals surface area contributed by atoms with Crippen LogP contribution in [0, 0.1) is 0 Å². The molecule has 4 rings (SSSR count). The van der Waals surface area contributed by atoms with Gasteiger partial charge in [0.15, 0.2) is 5.65 Å². The second-order valence-corrected chi connectivity index (χ2v) is 8.44. The van der Waals surface area contributed by atoms with Gasteiger partial charge in [0, 0.05) is 37.8 Å². The van der Waals surface area contributed by atoms with Crippen molar-refractivity contribution in [2.24, 2.45) is 0 Å². The molecule has 1 aliphatic heterocycles. The van der Waals surface area contributed by atoms with Gasteiger partial charge in [-0.05, 0) is 24.6 Å². The summed E-state index contributed by atoms with van der Waals surface area (Å²) in [5, 5.41) is 4.70. The van der Waals surface area contributed by atoms with E-state index < -0.39 is 11.9 Å². The number of hydrogen-bond donors (Lipinski definition) is 0. The van der Waals surface area contributed by atoms with E-state index in [0.717, 1.165) is 42.4 Å². The van der Waals surface area contributed by atoms with Crippen molar-refractivity contribution in [3.05, 3.63) is 42.0 Å². The molecule has 0 spiro atoms. The van der Waals surface area contributed by atoms with E-state index in [2.05, 4.69) is 40.6 Å². The molecule has 0 bridgehead atoms. The number of imidazole rings is 1. The van der Waals surface area contributed by atoms with Gasteiger partial charge < -0.3 is 9.80 Å². The summed E-state index contributed by atoms with van der Waals surface area (Å²) in [5.41, 5.74) is 0.769. The summed E-state index contributed by atoms with van der Waals surface area (Å²) in [6, 6.07) is 4.77. The fourth-order valence-electron chi connectivity index (χ4n) is 3.41. The molecular formula is C20H24F3N7. The number of anilines is 2. The minimum atomic E-state index is -4.48. The molecule has 3 aromatic heterocycles. The summed E-state index contributed by atoms with van der Waals surface area (Å²) in [4.78, 5) is 16.3. The first-order valence-corrected chi connectivity index (χ1v) is 9.88. The molecule has 0 aliphatic carbocycles. The Kier molecular flexibility index (Phi) is 5.03. The van der Waals surface area contributed by atoms with E-state index in [1.165, 1.54) is 0 Å². The molecular weight excluding hydrogens is 395 g/mol. The van der Waals surface area contributed by atoms with E-state index in [-0.39, 0.29) is 11.4 Å². The zero-order valence-corrected chi connectivity index (χ0v) is 17.2. The van der Waals surface area contributed by atoms with Crippen LogP contribution >= 0.6 is 0 Å². The van der Waals surface area contributed by atoms with Crippen LogP contribution in [-0.4, -0.2) is 50.7 Å². The summed E-state index contributed by atoms with van der Waals surface area (Å²) in [7, 11) is 0. The predicted octanol–water partition coefficient (Wildman–Crippen LogP) is 3.55. The lowest BCUT2D eigenvalue weighted by atomic mass is 9.93. The van der Waals surface area contributed by atoms with Crippen LogP contribution in [0.3, 0.4) is 0 Å². The van der Waals surface area contributed by atoms with Crippen LogP contribution in [-0.2, 0) is 11.6 Å². The van der Waals surface area contributed by atoms with Crippen molar-refractivity contribution in [2.75, 3.05) is 36.0 Å². The normalized spacial score (nSPS) is 16.2. The van der Waals surface area contributed by atoms with Crippen LogP contribution in [0.4, 0.5) is 24.9 Å². The highest BCUT2D eigenvalue weighted by Gasteiger charge is 2.33. The Labute approximate surface area is 172 Å². The van der Waals surface area contributed by atoms with Crippen molar-refractivity contribution < 1.29 is 13.2 Å². The highest BCUT2D eigenvalue weighted by Crippen LogP contribution is 2.28. The van der Waals surface area contributed by atoms with Crippen molar-refractivity contribution in [2.45, 2.75) is 38.8 Å². The molecule has 0 amide bonds. The maximum absolute atomic E-state index is 13.0. The van der Waals surface area contributed by atoms with Crippen molar-refractivity contribution in [3.8, 4) is 0 Å². The lowest BCUT2D eigenvalue weighted by Crippen LogP contribution is -2.32. The number of hydrogen-bond acceptors (Lipinski definition) is 6. The molecule has 30 heavy (non-hydrogen) atoms. The molecule has 0 N–H and O–H groups in total. The molecule has 0 atom stereocenters. The van der Waals surface area contributed by atoms with E-state index >= 15 is 0 Å².